The highest BCUT2D eigenvalue weighted by Gasteiger charge is 2.14. The maximum absolute atomic E-state index is 2.45. The standard InChI is InChI=1S/C16H34/c1-5-8-10-11-12-14-16(13-9-6-2)15(4)7-3/h15-16H,5-14H2,1-4H3. The van der Waals surface area contributed by atoms with E-state index in [9.17, 15) is 0 Å². The van der Waals surface area contributed by atoms with E-state index in [0.717, 1.165) is 11.8 Å². The van der Waals surface area contributed by atoms with Gasteiger partial charge in [-0.3, -0.25) is 0 Å². The molecule has 2 unspecified atom stereocenters. The molecule has 0 N–H and O–H groups in total. The molecule has 0 aromatic carbocycles. The van der Waals surface area contributed by atoms with Crippen molar-refractivity contribution >= 4 is 0 Å². The Morgan fingerprint density at radius 3 is 1.81 bits per heavy atom. The van der Waals surface area contributed by atoms with Gasteiger partial charge in [0.05, 0.1) is 0 Å². The summed E-state index contributed by atoms with van der Waals surface area (Å²) in [7, 11) is 0. The monoisotopic (exact) mass is 226 g/mol. The molecule has 0 radical (unpaired) electrons. The second-order valence-corrected chi connectivity index (χ2v) is 5.49. The van der Waals surface area contributed by atoms with Crippen molar-refractivity contribution in [2.75, 3.05) is 0 Å². The zero-order valence-electron chi connectivity index (χ0n) is 12.2. The van der Waals surface area contributed by atoms with Crippen LogP contribution in [0.5, 0.6) is 0 Å². The zero-order chi connectivity index (χ0) is 12.2. The lowest BCUT2D eigenvalue weighted by Crippen LogP contribution is -2.11. The fourth-order valence-electron chi connectivity index (χ4n) is 2.52. The summed E-state index contributed by atoms with van der Waals surface area (Å²) in [5.74, 6) is 1.95. The summed E-state index contributed by atoms with van der Waals surface area (Å²) < 4.78 is 0. The molecule has 0 heteroatoms. The molecular weight excluding hydrogens is 192 g/mol. The highest BCUT2D eigenvalue weighted by atomic mass is 14.2. The van der Waals surface area contributed by atoms with E-state index < -0.39 is 0 Å². The first-order valence-corrected chi connectivity index (χ1v) is 7.76. The van der Waals surface area contributed by atoms with Crippen LogP contribution in [0.4, 0.5) is 0 Å². The van der Waals surface area contributed by atoms with E-state index in [4.69, 9.17) is 0 Å². The molecule has 0 nitrogen and oxygen atoms in total. The molecule has 98 valence electrons. The van der Waals surface area contributed by atoms with Crippen molar-refractivity contribution in [3.8, 4) is 0 Å². The van der Waals surface area contributed by atoms with E-state index in [1.54, 1.807) is 0 Å². The minimum atomic E-state index is 0.942. The minimum absolute atomic E-state index is 0.942. The first-order valence-electron chi connectivity index (χ1n) is 7.76. The highest BCUT2D eigenvalue weighted by molar-refractivity contribution is 4.66. The summed E-state index contributed by atoms with van der Waals surface area (Å²) in [6, 6.07) is 0. The Balaban J connectivity index is 3.65. The SMILES string of the molecule is CCCCCCCC(CCCC)C(C)CC. The van der Waals surface area contributed by atoms with Gasteiger partial charge in [0.2, 0.25) is 0 Å². The van der Waals surface area contributed by atoms with Crippen molar-refractivity contribution in [1.82, 2.24) is 0 Å². The topological polar surface area (TPSA) is 0 Å². The van der Waals surface area contributed by atoms with Crippen LogP contribution in [0.2, 0.25) is 0 Å². The molecule has 0 bridgehead atoms. The van der Waals surface area contributed by atoms with E-state index in [-0.39, 0.29) is 0 Å². The van der Waals surface area contributed by atoms with Gasteiger partial charge in [-0.25, -0.2) is 0 Å². The molecule has 0 aliphatic heterocycles. The molecule has 16 heavy (non-hydrogen) atoms. The molecule has 0 rings (SSSR count). The van der Waals surface area contributed by atoms with Gasteiger partial charge in [-0.05, 0) is 11.8 Å². The van der Waals surface area contributed by atoms with Crippen molar-refractivity contribution in [1.29, 1.82) is 0 Å². The highest BCUT2D eigenvalue weighted by Crippen LogP contribution is 2.26. The summed E-state index contributed by atoms with van der Waals surface area (Å²) in [5, 5.41) is 0. The summed E-state index contributed by atoms with van der Waals surface area (Å²) in [5.41, 5.74) is 0. The molecule has 0 saturated carbocycles. The first kappa shape index (κ1) is 16.0. The van der Waals surface area contributed by atoms with Gasteiger partial charge in [0.1, 0.15) is 0 Å². The second kappa shape index (κ2) is 11.5. The zero-order valence-corrected chi connectivity index (χ0v) is 12.2. The lowest BCUT2D eigenvalue weighted by atomic mass is 9.83. The second-order valence-electron chi connectivity index (χ2n) is 5.49. The Kier molecular flexibility index (Phi) is 11.5. The van der Waals surface area contributed by atoms with Crippen LogP contribution in [-0.2, 0) is 0 Å². The van der Waals surface area contributed by atoms with Crippen LogP contribution in [-0.4, -0.2) is 0 Å². The summed E-state index contributed by atoms with van der Waals surface area (Å²) in [4.78, 5) is 0. The molecule has 0 aliphatic carbocycles. The summed E-state index contributed by atoms with van der Waals surface area (Å²) in [6.07, 6.45) is 14.3. The molecule has 0 heterocycles. The van der Waals surface area contributed by atoms with Gasteiger partial charge in [0, 0.05) is 0 Å². The lowest BCUT2D eigenvalue weighted by molar-refractivity contribution is 0.290. The number of hydrogen-bond acceptors (Lipinski definition) is 0. The van der Waals surface area contributed by atoms with Gasteiger partial charge in [0.15, 0.2) is 0 Å². The summed E-state index contributed by atoms with van der Waals surface area (Å²) in [6.45, 7) is 9.41. The smallest absolute Gasteiger partial charge is 0.0389 e. The number of hydrogen-bond donors (Lipinski definition) is 0. The Hall–Kier alpha value is 0. The van der Waals surface area contributed by atoms with Gasteiger partial charge in [-0.15, -0.1) is 0 Å². The molecule has 2 atom stereocenters. The predicted molar refractivity (Wildman–Crippen MR) is 75.8 cm³/mol. The van der Waals surface area contributed by atoms with E-state index in [1.807, 2.05) is 0 Å². The third kappa shape index (κ3) is 8.19. The Morgan fingerprint density at radius 1 is 0.688 bits per heavy atom. The first-order chi connectivity index (χ1) is 7.76. The van der Waals surface area contributed by atoms with Gasteiger partial charge in [-0.2, -0.15) is 0 Å². The van der Waals surface area contributed by atoms with Crippen molar-refractivity contribution in [3.63, 3.8) is 0 Å². The quantitative estimate of drug-likeness (QED) is 0.368. The van der Waals surface area contributed by atoms with Crippen LogP contribution in [0.25, 0.3) is 0 Å². The molecule has 0 amide bonds. The van der Waals surface area contributed by atoms with Crippen LogP contribution in [0.1, 0.15) is 91.9 Å². The average molecular weight is 226 g/mol. The largest absolute Gasteiger partial charge is 0.0654 e. The normalized spacial score (nSPS) is 15.0. The van der Waals surface area contributed by atoms with Crippen molar-refractivity contribution in [2.45, 2.75) is 91.9 Å². The van der Waals surface area contributed by atoms with E-state index in [0.29, 0.717) is 0 Å². The minimum Gasteiger partial charge on any atom is -0.0654 e. The summed E-state index contributed by atoms with van der Waals surface area (Å²) >= 11 is 0. The molecule has 0 aromatic rings. The fraction of sp³-hybridized carbons (Fsp3) is 1.00. The Morgan fingerprint density at radius 2 is 1.25 bits per heavy atom. The van der Waals surface area contributed by atoms with Gasteiger partial charge < -0.3 is 0 Å². The third-order valence-corrected chi connectivity index (χ3v) is 4.06. The molecule has 0 spiro atoms. The maximum Gasteiger partial charge on any atom is -0.0389 e. The van der Waals surface area contributed by atoms with Crippen molar-refractivity contribution < 1.29 is 0 Å². The molecular formula is C16H34. The van der Waals surface area contributed by atoms with Crippen LogP contribution in [0.3, 0.4) is 0 Å². The van der Waals surface area contributed by atoms with Crippen molar-refractivity contribution in [3.05, 3.63) is 0 Å². The van der Waals surface area contributed by atoms with Crippen LogP contribution in [0.15, 0.2) is 0 Å². The van der Waals surface area contributed by atoms with Gasteiger partial charge >= 0.3 is 0 Å². The van der Waals surface area contributed by atoms with Crippen molar-refractivity contribution in [2.24, 2.45) is 11.8 Å². The maximum atomic E-state index is 2.45. The molecule has 0 aliphatic rings. The Bertz CT molecular complexity index is 128. The number of unbranched alkanes of at least 4 members (excludes halogenated alkanes) is 5. The number of rotatable bonds is 11. The molecule has 0 fully saturated rings. The van der Waals surface area contributed by atoms with Crippen LogP contribution >= 0.6 is 0 Å². The van der Waals surface area contributed by atoms with Gasteiger partial charge in [0.25, 0.3) is 0 Å². The Labute approximate surface area is 104 Å². The average Bonchev–Trinajstić information content (AvgIpc) is 2.31. The fourth-order valence-corrected chi connectivity index (χ4v) is 2.52. The predicted octanol–water partition coefficient (Wildman–Crippen LogP) is 6.20. The molecule has 0 saturated heterocycles. The lowest BCUT2D eigenvalue weighted by Gasteiger charge is -2.22. The van der Waals surface area contributed by atoms with E-state index in [1.165, 1.54) is 64.2 Å². The van der Waals surface area contributed by atoms with Crippen LogP contribution < -0.4 is 0 Å². The van der Waals surface area contributed by atoms with Gasteiger partial charge in [-0.1, -0.05) is 91.9 Å². The van der Waals surface area contributed by atoms with Crippen LogP contribution in [0, 0.1) is 11.8 Å². The molecule has 0 aromatic heterocycles. The van der Waals surface area contributed by atoms with E-state index >= 15 is 0 Å². The third-order valence-electron chi connectivity index (χ3n) is 4.06. The van der Waals surface area contributed by atoms with E-state index in [2.05, 4.69) is 27.7 Å².